The van der Waals surface area contributed by atoms with Crippen LogP contribution >= 0.6 is 0 Å². The van der Waals surface area contributed by atoms with E-state index in [2.05, 4.69) is 0 Å². The van der Waals surface area contributed by atoms with E-state index in [1.807, 2.05) is 0 Å². The van der Waals surface area contributed by atoms with Crippen molar-refractivity contribution in [1.29, 1.82) is 0 Å². The average Bonchev–Trinajstić information content (AvgIpc) is 1.94. The van der Waals surface area contributed by atoms with Gasteiger partial charge in [-0.2, -0.15) is 8.78 Å². The minimum Gasteiger partial charge on any atom is -0.481 e. The lowest BCUT2D eigenvalue weighted by molar-refractivity contribution is -0.162. The number of carbonyl (C=O) groups is 2. The van der Waals surface area contributed by atoms with Gasteiger partial charge in [-0.05, 0) is 12.8 Å². The standard InChI is InChI=1S/C7H8F2O3/c8-7(9)3-1-2-4(5(7)10)6(11)12/h4H,1-3H2,(H,11,12). The van der Waals surface area contributed by atoms with Crippen LogP contribution in [0.2, 0.25) is 0 Å². The van der Waals surface area contributed by atoms with Gasteiger partial charge in [-0.1, -0.05) is 0 Å². The maximum Gasteiger partial charge on any atom is 0.314 e. The van der Waals surface area contributed by atoms with E-state index in [-0.39, 0.29) is 12.8 Å². The van der Waals surface area contributed by atoms with Crippen LogP contribution in [0.1, 0.15) is 19.3 Å². The molecule has 1 aliphatic rings. The molecule has 68 valence electrons. The van der Waals surface area contributed by atoms with E-state index in [4.69, 9.17) is 5.11 Å². The maximum absolute atomic E-state index is 12.6. The monoisotopic (exact) mass is 178 g/mol. The summed E-state index contributed by atoms with van der Waals surface area (Å²) in [6.45, 7) is 0. The molecular formula is C7H8F2O3. The molecule has 1 atom stereocenters. The summed E-state index contributed by atoms with van der Waals surface area (Å²) < 4.78 is 25.2. The third-order valence-corrected chi connectivity index (χ3v) is 1.96. The number of ketones is 1. The molecule has 3 nitrogen and oxygen atoms in total. The smallest absolute Gasteiger partial charge is 0.314 e. The number of rotatable bonds is 1. The molecule has 0 aromatic rings. The Kier molecular flexibility index (Phi) is 2.12. The summed E-state index contributed by atoms with van der Waals surface area (Å²) in [6.07, 6.45) is -0.394. The third kappa shape index (κ3) is 1.44. The number of alkyl halides is 2. The molecule has 1 N–H and O–H groups in total. The predicted molar refractivity (Wildman–Crippen MR) is 34.9 cm³/mol. The lowest BCUT2D eigenvalue weighted by atomic mass is 9.85. The summed E-state index contributed by atoms with van der Waals surface area (Å²) in [4.78, 5) is 21.1. The molecule has 0 heterocycles. The summed E-state index contributed by atoms with van der Waals surface area (Å²) in [5, 5.41) is 8.39. The van der Waals surface area contributed by atoms with Crippen LogP contribution in [0.25, 0.3) is 0 Å². The molecule has 1 rings (SSSR count). The molecule has 1 unspecified atom stereocenters. The Balaban J connectivity index is 2.80. The van der Waals surface area contributed by atoms with Crippen LogP contribution < -0.4 is 0 Å². The number of carbonyl (C=O) groups excluding carboxylic acids is 1. The Morgan fingerprint density at radius 3 is 2.58 bits per heavy atom. The highest BCUT2D eigenvalue weighted by Crippen LogP contribution is 2.33. The van der Waals surface area contributed by atoms with Crippen molar-refractivity contribution in [2.24, 2.45) is 5.92 Å². The summed E-state index contributed by atoms with van der Waals surface area (Å²) in [6, 6.07) is 0. The number of aliphatic carboxylic acids is 1. The van der Waals surface area contributed by atoms with Crippen molar-refractivity contribution in [3.63, 3.8) is 0 Å². The quantitative estimate of drug-likeness (QED) is 0.611. The minimum absolute atomic E-state index is 0.0315. The summed E-state index contributed by atoms with van der Waals surface area (Å²) in [5.41, 5.74) is 0. The van der Waals surface area contributed by atoms with E-state index < -0.39 is 30.0 Å². The van der Waals surface area contributed by atoms with Gasteiger partial charge in [0.1, 0.15) is 5.92 Å². The van der Waals surface area contributed by atoms with Crippen molar-refractivity contribution >= 4 is 11.8 Å². The molecule has 0 spiro atoms. The Morgan fingerprint density at radius 2 is 2.17 bits per heavy atom. The first-order chi connectivity index (χ1) is 5.45. The van der Waals surface area contributed by atoms with Gasteiger partial charge >= 0.3 is 11.9 Å². The molecular weight excluding hydrogens is 170 g/mol. The van der Waals surface area contributed by atoms with Crippen molar-refractivity contribution in [3.8, 4) is 0 Å². The highest BCUT2D eigenvalue weighted by molar-refractivity contribution is 6.02. The molecule has 1 fully saturated rings. The molecule has 0 amide bonds. The highest BCUT2D eigenvalue weighted by Gasteiger charge is 2.48. The van der Waals surface area contributed by atoms with Crippen LogP contribution in [0.5, 0.6) is 0 Å². The lowest BCUT2D eigenvalue weighted by Crippen LogP contribution is -2.41. The van der Waals surface area contributed by atoms with Gasteiger partial charge in [0.25, 0.3) is 0 Å². The highest BCUT2D eigenvalue weighted by atomic mass is 19.3. The van der Waals surface area contributed by atoms with Gasteiger partial charge < -0.3 is 5.11 Å². The van der Waals surface area contributed by atoms with Crippen molar-refractivity contribution < 1.29 is 23.5 Å². The van der Waals surface area contributed by atoms with E-state index in [0.717, 1.165) is 0 Å². The number of Topliss-reactive ketones (excluding diaryl/α,β-unsaturated/α-hetero) is 1. The van der Waals surface area contributed by atoms with E-state index in [1.54, 1.807) is 0 Å². The maximum atomic E-state index is 12.6. The molecule has 1 saturated carbocycles. The van der Waals surface area contributed by atoms with Gasteiger partial charge in [-0.3, -0.25) is 9.59 Å². The SMILES string of the molecule is O=C(O)C1CCCC(F)(F)C1=O. The predicted octanol–water partition coefficient (Wildman–Crippen LogP) is 1.08. The van der Waals surface area contributed by atoms with Crippen LogP contribution in [0.3, 0.4) is 0 Å². The fourth-order valence-electron chi connectivity index (χ4n) is 1.27. The van der Waals surface area contributed by atoms with Crippen LogP contribution in [0.4, 0.5) is 8.78 Å². The first-order valence-corrected chi connectivity index (χ1v) is 3.60. The zero-order chi connectivity index (χ0) is 9.35. The summed E-state index contributed by atoms with van der Waals surface area (Å²) in [7, 11) is 0. The van der Waals surface area contributed by atoms with E-state index in [0.29, 0.717) is 0 Å². The number of carboxylic acid groups (broad SMARTS) is 1. The summed E-state index contributed by atoms with van der Waals surface area (Å²) in [5.74, 6) is -7.82. The minimum atomic E-state index is -3.43. The van der Waals surface area contributed by atoms with E-state index >= 15 is 0 Å². The van der Waals surface area contributed by atoms with Crippen molar-refractivity contribution in [2.45, 2.75) is 25.2 Å². The van der Waals surface area contributed by atoms with Crippen LogP contribution in [-0.4, -0.2) is 22.8 Å². The summed E-state index contributed by atoms with van der Waals surface area (Å²) >= 11 is 0. The second-order valence-corrected chi connectivity index (χ2v) is 2.85. The molecule has 0 aromatic heterocycles. The average molecular weight is 178 g/mol. The Labute approximate surface area is 67.4 Å². The first-order valence-electron chi connectivity index (χ1n) is 3.60. The van der Waals surface area contributed by atoms with Gasteiger partial charge in [-0.25, -0.2) is 0 Å². The van der Waals surface area contributed by atoms with Crippen molar-refractivity contribution in [1.82, 2.24) is 0 Å². The largest absolute Gasteiger partial charge is 0.481 e. The Bertz CT molecular complexity index is 225. The van der Waals surface area contributed by atoms with E-state index in [9.17, 15) is 18.4 Å². The van der Waals surface area contributed by atoms with Crippen molar-refractivity contribution in [2.75, 3.05) is 0 Å². The van der Waals surface area contributed by atoms with E-state index in [1.165, 1.54) is 0 Å². The van der Waals surface area contributed by atoms with Gasteiger partial charge in [-0.15, -0.1) is 0 Å². The van der Waals surface area contributed by atoms with Gasteiger partial charge in [0.15, 0.2) is 0 Å². The topological polar surface area (TPSA) is 54.4 Å². The first kappa shape index (κ1) is 9.09. The molecule has 0 saturated heterocycles. The third-order valence-electron chi connectivity index (χ3n) is 1.96. The second kappa shape index (κ2) is 2.80. The molecule has 0 aromatic carbocycles. The van der Waals surface area contributed by atoms with Gasteiger partial charge in [0, 0.05) is 6.42 Å². The fraction of sp³-hybridized carbons (Fsp3) is 0.714. The lowest BCUT2D eigenvalue weighted by Gasteiger charge is -2.24. The van der Waals surface area contributed by atoms with Crippen LogP contribution in [0, 0.1) is 5.92 Å². The molecule has 0 bridgehead atoms. The fourth-order valence-corrected chi connectivity index (χ4v) is 1.27. The number of halogens is 2. The number of hydrogen-bond donors (Lipinski definition) is 1. The Morgan fingerprint density at radius 1 is 1.58 bits per heavy atom. The molecule has 0 radical (unpaired) electrons. The van der Waals surface area contributed by atoms with Crippen LogP contribution in [-0.2, 0) is 9.59 Å². The Hall–Kier alpha value is -1.00. The number of hydrogen-bond acceptors (Lipinski definition) is 2. The van der Waals surface area contributed by atoms with Crippen molar-refractivity contribution in [3.05, 3.63) is 0 Å². The molecule has 0 aliphatic heterocycles. The molecule has 1 aliphatic carbocycles. The van der Waals surface area contributed by atoms with Crippen LogP contribution in [0.15, 0.2) is 0 Å². The second-order valence-electron chi connectivity index (χ2n) is 2.85. The zero-order valence-corrected chi connectivity index (χ0v) is 6.22. The zero-order valence-electron chi connectivity index (χ0n) is 6.22. The molecule has 12 heavy (non-hydrogen) atoms. The number of carboxylic acids is 1. The van der Waals surface area contributed by atoms with Gasteiger partial charge in [0.2, 0.25) is 5.78 Å². The van der Waals surface area contributed by atoms with Gasteiger partial charge in [0.05, 0.1) is 0 Å². The molecule has 5 heteroatoms. The normalized spacial score (nSPS) is 28.5.